The highest BCUT2D eigenvalue weighted by molar-refractivity contribution is 5.86. The van der Waals surface area contributed by atoms with E-state index >= 15 is 0 Å². The Balaban J connectivity index is 2.03. The van der Waals surface area contributed by atoms with Crippen LogP contribution in [0, 0.1) is 13.8 Å². The minimum Gasteiger partial charge on any atom is -0.369 e. The molecular weight excluding hydrogens is 310 g/mol. The molecule has 1 amide bonds. The van der Waals surface area contributed by atoms with Crippen LogP contribution in [-0.4, -0.2) is 48.1 Å². The number of benzene rings is 1. The Labute approximate surface area is 153 Å². The fourth-order valence-electron chi connectivity index (χ4n) is 3.28. The van der Waals surface area contributed by atoms with Crippen molar-refractivity contribution >= 4 is 11.6 Å². The molecule has 140 valence electrons. The molecule has 1 aromatic rings. The summed E-state index contributed by atoms with van der Waals surface area (Å²) < 4.78 is 0. The first kappa shape index (κ1) is 19.8. The van der Waals surface area contributed by atoms with Gasteiger partial charge in [-0.2, -0.15) is 0 Å². The van der Waals surface area contributed by atoms with Crippen LogP contribution >= 0.6 is 0 Å². The number of carbonyl (C=O) groups excluding carboxylic acids is 1. The van der Waals surface area contributed by atoms with E-state index < -0.39 is 5.54 Å². The van der Waals surface area contributed by atoms with Gasteiger partial charge in [0, 0.05) is 37.4 Å². The molecule has 4 heteroatoms. The standard InChI is InChI=1S/C21H35N3O/c1-8-20(4,5)22-19(25)21(6,7)24-14-12-23(13-15-24)18-11-9-10-16(2)17(18)3/h9-11H,8,12-15H2,1-7H3,(H,22,25). The van der Waals surface area contributed by atoms with Crippen LogP contribution in [0.15, 0.2) is 18.2 Å². The molecule has 0 spiro atoms. The number of nitrogens with zero attached hydrogens (tertiary/aromatic N) is 2. The second-order valence-corrected chi connectivity index (χ2v) is 8.44. The topological polar surface area (TPSA) is 35.6 Å². The molecule has 1 aliphatic heterocycles. The molecule has 1 aromatic carbocycles. The van der Waals surface area contributed by atoms with Gasteiger partial charge in [-0.3, -0.25) is 9.69 Å². The van der Waals surface area contributed by atoms with Crippen LogP contribution in [0.3, 0.4) is 0 Å². The van der Waals surface area contributed by atoms with E-state index in [1.165, 1.54) is 16.8 Å². The van der Waals surface area contributed by atoms with Crippen molar-refractivity contribution < 1.29 is 4.79 Å². The minimum atomic E-state index is -0.486. The summed E-state index contributed by atoms with van der Waals surface area (Å²) in [5, 5.41) is 3.21. The van der Waals surface area contributed by atoms with Gasteiger partial charge in [-0.25, -0.2) is 0 Å². The number of hydrogen-bond donors (Lipinski definition) is 1. The number of rotatable bonds is 5. The third kappa shape index (κ3) is 4.35. The smallest absolute Gasteiger partial charge is 0.240 e. The van der Waals surface area contributed by atoms with E-state index in [9.17, 15) is 4.79 Å². The molecule has 0 bridgehead atoms. The Bertz CT molecular complexity index is 614. The second-order valence-electron chi connectivity index (χ2n) is 8.44. The molecule has 1 N–H and O–H groups in total. The van der Waals surface area contributed by atoms with Crippen molar-refractivity contribution in [1.29, 1.82) is 0 Å². The van der Waals surface area contributed by atoms with Gasteiger partial charge < -0.3 is 10.2 Å². The number of nitrogens with one attached hydrogen (secondary N) is 1. The monoisotopic (exact) mass is 345 g/mol. The van der Waals surface area contributed by atoms with E-state index in [2.05, 4.69) is 67.9 Å². The van der Waals surface area contributed by atoms with Crippen LogP contribution in [0.25, 0.3) is 0 Å². The molecular formula is C21H35N3O. The zero-order valence-electron chi connectivity index (χ0n) is 17.1. The quantitative estimate of drug-likeness (QED) is 0.887. The number of hydrogen-bond acceptors (Lipinski definition) is 3. The average molecular weight is 346 g/mol. The maximum Gasteiger partial charge on any atom is 0.240 e. The number of anilines is 1. The summed E-state index contributed by atoms with van der Waals surface area (Å²) in [5.41, 5.74) is 3.38. The molecule has 1 fully saturated rings. The van der Waals surface area contributed by atoms with Gasteiger partial charge in [-0.1, -0.05) is 19.1 Å². The molecule has 2 rings (SSSR count). The largest absolute Gasteiger partial charge is 0.369 e. The number of piperazine rings is 1. The number of carbonyl (C=O) groups is 1. The first-order valence-electron chi connectivity index (χ1n) is 9.47. The lowest BCUT2D eigenvalue weighted by atomic mass is 9.95. The van der Waals surface area contributed by atoms with Gasteiger partial charge in [-0.15, -0.1) is 0 Å². The molecule has 0 unspecified atom stereocenters. The van der Waals surface area contributed by atoms with E-state index in [0.29, 0.717) is 0 Å². The Morgan fingerprint density at radius 1 is 1.08 bits per heavy atom. The van der Waals surface area contributed by atoms with E-state index in [0.717, 1.165) is 32.6 Å². The van der Waals surface area contributed by atoms with E-state index in [1.807, 2.05) is 13.8 Å². The predicted molar refractivity (Wildman–Crippen MR) is 106 cm³/mol. The molecule has 25 heavy (non-hydrogen) atoms. The lowest BCUT2D eigenvalue weighted by molar-refractivity contribution is -0.133. The van der Waals surface area contributed by atoms with Gasteiger partial charge in [-0.05, 0) is 65.2 Å². The maximum absolute atomic E-state index is 12.8. The van der Waals surface area contributed by atoms with Crippen LogP contribution < -0.4 is 10.2 Å². The highest BCUT2D eigenvalue weighted by atomic mass is 16.2. The highest BCUT2D eigenvalue weighted by Gasteiger charge is 2.38. The Kier molecular flexibility index (Phi) is 5.82. The molecule has 0 saturated carbocycles. The SMILES string of the molecule is CCC(C)(C)NC(=O)C(C)(C)N1CCN(c2cccc(C)c2C)CC1. The Hall–Kier alpha value is -1.55. The summed E-state index contributed by atoms with van der Waals surface area (Å²) in [6.45, 7) is 18.4. The van der Waals surface area contributed by atoms with E-state index in [4.69, 9.17) is 0 Å². The molecule has 0 aromatic heterocycles. The molecule has 4 nitrogen and oxygen atoms in total. The maximum atomic E-state index is 12.8. The summed E-state index contributed by atoms with van der Waals surface area (Å²) in [5.74, 6) is 0.125. The Morgan fingerprint density at radius 2 is 1.68 bits per heavy atom. The molecule has 1 aliphatic rings. The number of amides is 1. The van der Waals surface area contributed by atoms with Crippen molar-refractivity contribution in [2.45, 2.75) is 66.0 Å². The van der Waals surface area contributed by atoms with Crippen LogP contribution in [0.1, 0.15) is 52.2 Å². The van der Waals surface area contributed by atoms with Crippen LogP contribution in [0.5, 0.6) is 0 Å². The fourth-order valence-corrected chi connectivity index (χ4v) is 3.28. The average Bonchev–Trinajstić information content (AvgIpc) is 2.57. The zero-order valence-corrected chi connectivity index (χ0v) is 17.1. The van der Waals surface area contributed by atoms with Crippen molar-refractivity contribution in [1.82, 2.24) is 10.2 Å². The Morgan fingerprint density at radius 3 is 2.24 bits per heavy atom. The molecule has 1 saturated heterocycles. The van der Waals surface area contributed by atoms with Crippen molar-refractivity contribution in [3.63, 3.8) is 0 Å². The van der Waals surface area contributed by atoms with Gasteiger partial charge in [0.2, 0.25) is 5.91 Å². The zero-order chi connectivity index (χ0) is 18.8. The first-order chi connectivity index (χ1) is 11.6. The molecule has 0 atom stereocenters. The first-order valence-corrected chi connectivity index (χ1v) is 9.47. The summed E-state index contributed by atoms with van der Waals surface area (Å²) in [6, 6.07) is 6.51. The number of aryl methyl sites for hydroxylation is 1. The van der Waals surface area contributed by atoms with Crippen molar-refractivity contribution in [3.05, 3.63) is 29.3 Å². The van der Waals surface area contributed by atoms with Crippen molar-refractivity contribution in [3.8, 4) is 0 Å². The highest BCUT2D eigenvalue weighted by Crippen LogP contribution is 2.26. The van der Waals surface area contributed by atoms with Crippen LogP contribution in [0.4, 0.5) is 5.69 Å². The van der Waals surface area contributed by atoms with Gasteiger partial charge in [0.25, 0.3) is 0 Å². The minimum absolute atomic E-state index is 0.125. The van der Waals surface area contributed by atoms with Gasteiger partial charge in [0.1, 0.15) is 0 Å². The summed E-state index contributed by atoms with van der Waals surface area (Å²) >= 11 is 0. The molecule has 0 radical (unpaired) electrons. The lowest BCUT2D eigenvalue weighted by Crippen LogP contribution is -2.63. The predicted octanol–water partition coefficient (Wildman–Crippen LogP) is 3.51. The molecule has 0 aliphatic carbocycles. The normalized spacial score (nSPS) is 16.8. The summed E-state index contributed by atoms with van der Waals surface area (Å²) in [7, 11) is 0. The second kappa shape index (κ2) is 7.36. The van der Waals surface area contributed by atoms with Gasteiger partial charge in [0.15, 0.2) is 0 Å². The summed E-state index contributed by atoms with van der Waals surface area (Å²) in [4.78, 5) is 17.6. The van der Waals surface area contributed by atoms with Gasteiger partial charge >= 0.3 is 0 Å². The van der Waals surface area contributed by atoms with Crippen molar-refractivity contribution in [2.75, 3.05) is 31.1 Å². The van der Waals surface area contributed by atoms with Crippen LogP contribution in [0.2, 0.25) is 0 Å². The fraction of sp³-hybridized carbons (Fsp3) is 0.667. The van der Waals surface area contributed by atoms with E-state index in [1.54, 1.807) is 0 Å². The van der Waals surface area contributed by atoms with Gasteiger partial charge in [0.05, 0.1) is 5.54 Å². The third-order valence-electron chi connectivity index (χ3n) is 5.88. The van der Waals surface area contributed by atoms with E-state index in [-0.39, 0.29) is 11.4 Å². The molecule has 1 heterocycles. The summed E-state index contributed by atoms with van der Waals surface area (Å²) in [6.07, 6.45) is 0.926. The van der Waals surface area contributed by atoms with Crippen molar-refractivity contribution in [2.24, 2.45) is 0 Å². The third-order valence-corrected chi connectivity index (χ3v) is 5.88. The van der Waals surface area contributed by atoms with Crippen LogP contribution in [-0.2, 0) is 4.79 Å². The lowest BCUT2D eigenvalue weighted by Gasteiger charge is -2.45.